The molecule has 0 fully saturated rings. The van der Waals surface area contributed by atoms with Crippen molar-refractivity contribution in [3.63, 3.8) is 0 Å². The van der Waals surface area contributed by atoms with Gasteiger partial charge in [-0.2, -0.15) is 0 Å². The molecular weight excluding hydrogens is 252 g/mol. The van der Waals surface area contributed by atoms with Gasteiger partial charge >= 0.3 is 0 Å². The fourth-order valence-corrected chi connectivity index (χ4v) is 2.10. The highest BCUT2D eigenvalue weighted by Gasteiger charge is 2.14. The number of anilines is 1. The number of carbonyl (C=O) groups excluding carboxylic acids is 1. The largest absolute Gasteiger partial charge is 0.492 e. The minimum Gasteiger partial charge on any atom is -0.492 e. The van der Waals surface area contributed by atoms with Crippen molar-refractivity contribution in [2.24, 2.45) is 5.41 Å². The summed E-state index contributed by atoms with van der Waals surface area (Å²) in [5.74, 6) is 0.977. The molecule has 0 radical (unpaired) electrons. The van der Waals surface area contributed by atoms with E-state index in [1.807, 2.05) is 18.2 Å². The van der Waals surface area contributed by atoms with E-state index in [0.29, 0.717) is 13.0 Å². The summed E-state index contributed by atoms with van der Waals surface area (Å²) in [7, 11) is 0. The lowest BCUT2D eigenvalue weighted by atomic mass is 9.90. The van der Waals surface area contributed by atoms with Crippen LogP contribution in [0.15, 0.2) is 18.2 Å². The van der Waals surface area contributed by atoms with Crippen LogP contribution in [-0.2, 0) is 11.3 Å². The minimum absolute atomic E-state index is 0.0716. The topological polar surface area (TPSA) is 50.4 Å². The van der Waals surface area contributed by atoms with E-state index in [9.17, 15) is 4.79 Å². The van der Waals surface area contributed by atoms with Gasteiger partial charge in [-0.25, -0.2) is 0 Å². The standard InChI is InChI=1S/C16H24N2O2/c1-16(2,3)7-6-15(19)18-13-4-5-14-12(10-13)11-17-8-9-20-14/h4-5,10,17H,6-9,11H2,1-3H3,(H,18,19). The summed E-state index contributed by atoms with van der Waals surface area (Å²) in [6.45, 7) is 8.75. The number of hydrogen-bond acceptors (Lipinski definition) is 3. The normalized spacial score (nSPS) is 14.9. The average Bonchev–Trinajstić information content (AvgIpc) is 2.60. The molecule has 1 aliphatic rings. The van der Waals surface area contributed by atoms with Gasteiger partial charge in [-0.3, -0.25) is 4.79 Å². The lowest BCUT2D eigenvalue weighted by molar-refractivity contribution is -0.116. The van der Waals surface area contributed by atoms with Gasteiger partial charge in [0.15, 0.2) is 0 Å². The van der Waals surface area contributed by atoms with Gasteiger partial charge in [-0.15, -0.1) is 0 Å². The number of hydrogen-bond donors (Lipinski definition) is 2. The molecule has 1 heterocycles. The summed E-state index contributed by atoms with van der Waals surface area (Å²) >= 11 is 0. The highest BCUT2D eigenvalue weighted by Crippen LogP contribution is 2.25. The molecule has 20 heavy (non-hydrogen) atoms. The van der Waals surface area contributed by atoms with Crippen LogP contribution in [-0.4, -0.2) is 19.1 Å². The van der Waals surface area contributed by atoms with Crippen LogP contribution in [0.4, 0.5) is 5.69 Å². The smallest absolute Gasteiger partial charge is 0.224 e. The third-order valence-electron chi connectivity index (χ3n) is 3.30. The molecule has 1 aromatic carbocycles. The van der Waals surface area contributed by atoms with E-state index in [4.69, 9.17) is 4.74 Å². The summed E-state index contributed by atoms with van der Waals surface area (Å²) in [4.78, 5) is 11.9. The zero-order chi connectivity index (χ0) is 14.6. The van der Waals surface area contributed by atoms with E-state index in [-0.39, 0.29) is 11.3 Å². The quantitative estimate of drug-likeness (QED) is 0.892. The number of nitrogens with one attached hydrogen (secondary N) is 2. The van der Waals surface area contributed by atoms with Gasteiger partial charge in [0.25, 0.3) is 0 Å². The van der Waals surface area contributed by atoms with Gasteiger partial charge in [-0.05, 0) is 30.0 Å². The monoisotopic (exact) mass is 276 g/mol. The Labute approximate surface area is 120 Å². The Bertz CT molecular complexity index is 478. The molecule has 1 aromatic rings. The second-order valence-electron chi connectivity index (χ2n) is 6.46. The average molecular weight is 276 g/mol. The lowest BCUT2D eigenvalue weighted by Crippen LogP contribution is -2.16. The number of ether oxygens (including phenoxy) is 1. The summed E-state index contributed by atoms with van der Waals surface area (Å²) in [5, 5.41) is 6.25. The Hall–Kier alpha value is -1.55. The van der Waals surface area contributed by atoms with Crippen LogP contribution in [0.3, 0.4) is 0 Å². The number of benzene rings is 1. The van der Waals surface area contributed by atoms with Gasteiger partial charge in [0.1, 0.15) is 12.4 Å². The maximum absolute atomic E-state index is 11.9. The first-order valence-electron chi connectivity index (χ1n) is 7.20. The SMILES string of the molecule is CC(C)(C)CCC(=O)Nc1ccc2c(c1)CNCCO2. The molecule has 2 N–H and O–H groups in total. The summed E-state index contributed by atoms with van der Waals surface area (Å²) < 4.78 is 5.63. The van der Waals surface area contributed by atoms with Gasteiger partial charge < -0.3 is 15.4 Å². The van der Waals surface area contributed by atoms with Crippen molar-refractivity contribution in [1.82, 2.24) is 5.32 Å². The van der Waals surface area contributed by atoms with Crippen LogP contribution in [0.25, 0.3) is 0 Å². The van der Waals surface area contributed by atoms with E-state index in [2.05, 4.69) is 31.4 Å². The van der Waals surface area contributed by atoms with Crippen LogP contribution in [0.5, 0.6) is 5.75 Å². The summed E-state index contributed by atoms with van der Waals surface area (Å²) in [6, 6.07) is 5.82. The molecule has 0 unspecified atom stereocenters. The van der Waals surface area contributed by atoms with Crippen LogP contribution in [0.2, 0.25) is 0 Å². The van der Waals surface area contributed by atoms with Gasteiger partial charge in [0, 0.05) is 30.8 Å². The molecule has 0 atom stereocenters. The molecule has 4 nitrogen and oxygen atoms in total. The second-order valence-corrected chi connectivity index (χ2v) is 6.46. The molecule has 4 heteroatoms. The fourth-order valence-electron chi connectivity index (χ4n) is 2.10. The summed E-state index contributed by atoms with van der Waals surface area (Å²) in [6.07, 6.45) is 1.43. The van der Waals surface area contributed by atoms with E-state index in [0.717, 1.165) is 36.5 Å². The van der Waals surface area contributed by atoms with Crippen LogP contribution < -0.4 is 15.4 Å². The zero-order valence-electron chi connectivity index (χ0n) is 12.6. The molecule has 2 rings (SSSR count). The maximum atomic E-state index is 11.9. The predicted molar refractivity (Wildman–Crippen MR) is 81.0 cm³/mol. The Morgan fingerprint density at radius 3 is 2.95 bits per heavy atom. The first-order valence-corrected chi connectivity index (χ1v) is 7.20. The van der Waals surface area contributed by atoms with Crippen molar-refractivity contribution in [1.29, 1.82) is 0 Å². The number of carbonyl (C=O) groups is 1. The molecule has 0 spiro atoms. The van der Waals surface area contributed by atoms with Gasteiger partial charge in [-0.1, -0.05) is 20.8 Å². The lowest BCUT2D eigenvalue weighted by Gasteiger charge is -2.17. The van der Waals surface area contributed by atoms with Crippen molar-refractivity contribution in [2.75, 3.05) is 18.5 Å². The minimum atomic E-state index is 0.0716. The Balaban J connectivity index is 1.96. The molecular formula is C16H24N2O2. The molecule has 0 aromatic heterocycles. The molecule has 110 valence electrons. The van der Waals surface area contributed by atoms with Crippen LogP contribution in [0.1, 0.15) is 39.2 Å². The van der Waals surface area contributed by atoms with E-state index >= 15 is 0 Å². The van der Waals surface area contributed by atoms with Crippen molar-refractivity contribution in [3.05, 3.63) is 23.8 Å². The number of fused-ring (bicyclic) bond motifs is 1. The molecule has 0 bridgehead atoms. The maximum Gasteiger partial charge on any atom is 0.224 e. The third kappa shape index (κ3) is 4.53. The Morgan fingerprint density at radius 1 is 1.40 bits per heavy atom. The van der Waals surface area contributed by atoms with Crippen molar-refractivity contribution >= 4 is 11.6 Å². The van der Waals surface area contributed by atoms with Gasteiger partial charge in [0.2, 0.25) is 5.91 Å². The number of rotatable bonds is 3. The highest BCUT2D eigenvalue weighted by atomic mass is 16.5. The first kappa shape index (κ1) is 14.9. The first-order chi connectivity index (χ1) is 9.44. The molecule has 0 saturated heterocycles. The molecule has 1 amide bonds. The zero-order valence-corrected chi connectivity index (χ0v) is 12.6. The van der Waals surface area contributed by atoms with Crippen molar-refractivity contribution < 1.29 is 9.53 Å². The third-order valence-corrected chi connectivity index (χ3v) is 3.30. The van der Waals surface area contributed by atoms with Gasteiger partial charge in [0.05, 0.1) is 0 Å². The predicted octanol–water partition coefficient (Wildman–Crippen LogP) is 2.93. The van der Waals surface area contributed by atoms with E-state index < -0.39 is 0 Å². The van der Waals surface area contributed by atoms with Crippen LogP contribution >= 0.6 is 0 Å². The molecule has 1 aliphatic heterocycles. The van der Waals surface area contributed by atoms with E-state index in [1.54, 1.807) is 0 Å². The Morgan fingerprint density at radius 2 is 2.20 bits per heavy atom. The molecule has 0 aliphatic carbocycles. The highest BCUT2D eigenvalue weighted by molar-refractivity contribution is 5.90. The fraction of sp³-hybridized carbons (Fsp3) is 0.562. The van der Waals surface area contributed by atoms with Crippen molar-refractivity contribution in [2.45, 2.75) is 40.2 Å². The van der Waals surface area contributed by atoms with Crippen LogP contribution in [0, 0.1) is 5.41 Å². The van der Waals surface area contributed by atoms with Crippen molar-refractivity contribution in [3.8, 4) is 5.75 Å². The second kappa shape index (κ2) is 6.27. The number of amides is 1. The summed E-state index contributed by atoms with van der Waals surface area (Å²) in [5.41, 5.74) is 2.12. The Kier molecular flexibility index (Phi) is 4.65. The molecule has 0 saturated carbocycles. The van der Waals surface area contributed by atoms with E-state index in [1.165, 1.54) is 0 Å².